The number of pyridine rings is 1. The first-order chi connectivity index (χ1) is 9.15. The van der Waals surface area contributed by atoms with Crippen molar-refractivity contribution < 1.29 is 4.74 Å². The van der Waals surface area contributed by atoms with Gasteiger partial charge in [-0.05, 0) is 49.9 Å². The smallest absolute Gasteiger partial charge is 0.124 e. The van der Waals surface area contributed by atoms with E-state index in [4.69, 9.17) is 16.3 Å². The van der Waals surface area contributed by atoms with E-state index in [0.29, 0.717) is 5.02 Å². The molecule has 1 aromatic carbocycles. The SMILES string of the molecule is CNC(c1ccnc(C)c1)c1cc(Cl)ccc1OC. The van der Waals surface area contributed by atoms with E-state index in [9.17, 15) is 0 Å². The third-order valence-corrected chi connectivity index (χ3v) is 3.28. The predicted octanol–water partition coefficient (Wildman–Crippen LogP) is 3.36. The van der Waals surface area contributed by atoms with Gasteiger partial charge in [-0.3, -0.25) is 4.98 Å². The molecule has 0 aliphatic carbocycles. The quantitative estimate of drug-likeness (QED) is 0.930. The van der Waals surface area contributed by atoms with E-state index in [-0.39, 0.29) is 6.04 Å². The van der Waals surface area contributed by atoms with Gasteiger partial charge in [0.05, 0.1) is 13.2 Å². The highest BCUT2D eigenvalue weighted by Crippen LogP contribution is 2.32. The van der Waals surface area contributed by atoms with Crippen LogP contribution in [0, 0.1) is 6.92 Å². The third-order valence-electron chi connectivity index (χ3n) is 3.05. The Morgan fingerprint density at radius 2 is 2.05 bits per heavy atom. The lowest BCUT2D eigenvalue weighted by Crippen LogP contribution is -2.18. The minimum absolute atomic E-state index is 0.0235. The van der Waals surface area contributed by atoms with Crippen molar-refractivity contribution in [3.05, 3.63) is 58.4 Å². The van der Waals surface area contributed by atoms with Gasteiger partial charge in [-0.15, -0.1) is 0 Å². The fraction of sp³-hybridized carbons (Fsp3) is 0.267. The molecule has 0 aliphatic rings. The summed E-state index contributed by atoms with van der Waals surface area (Å²) in [5.74, 6) is 0.818. The maximum Gasteiger partial charge on any atom is 0.124 e. The van der Waals surface area contributed by atoms with Gasteiger partial charge in [0, 0.05) is 22.5 Å². The number of nitrogens with zero attached hydrogens (tertiary/aromatic N) is 1. The monoisotopic (exact) mass is 276 g/mol. The van der Waals surface area contributed by atoms with Gasteiger partial charge in [0.2, 0.25) is 0 Å². The standard InChI is InChI=1S/C15H17ClN2O/c1-10-8-11(6-7-18-10)15(17-2)13-9-12(16)4-5-14(13)19-3/h4-9,15,17H,1-3H3. The normalized spacial score (nSPS) is 12.2. The molecule has 0 spiro atoms. The molecule has 0 amide bonds. The molecule has 1 atom stereocenters. The van der Waals surface area contributed by atoms with Gasteiger partial charge in [-0.2, -0.15) is 0 Å². The number of methoxy groups -OCH3 is 1. The Hall–Kier alpha value is -1.58. The fourth-order valence-electron chi connectivity index (χ4n) is 2.18. The molecule has 0 saturated heterocycles. The lowest BCUT2D eigenvalue weighted by atomic mass is 9.98. The summed E-state index contributed by atoms with van der Waals surface area (Å²) in [7, 11) is 3.58. The molecule has 0 radical (unpaired) electrons. The summed E-state index contributed by atoms with van der Waals surface area (Å²) in [6.07, 6.45) is 1.81. The van der Waals surface area contributed by atoms with Crippen LogP contribution in [0.15, 0.2) is 36.5 Å². The predicted molar refractivity (Wildman–Crippen MR) is 77.9 cm³/mol. The molecular formula is C15H17ClN2O. The molecule has 100 valence electrons. The Morgan fingerprint density at radius 3 is 2.68 bits per heavy atom. The van der Waals surface area contributed by atoms with Crippen molar-refractivity contribution in [2.45, 2.75) is 13.0 Å². The van der Waals surface area contributed by atoms with E-state index in [0.717, 1.165) is 22.6 Å². The highest BCUT2D eigenvalue weighted by Gasteiger charge is 2.17. The van der Waals surface area contributed by atoms with Crippen LogP contribution >= 0.6 is 11.6 Å². The number of hydrogen-bond donors (Lipinski definition) is 1. The molecule has 4 heteroatoms. The molecule has 1 unspecified atom stereocenters. The van der Waals surface area contributed by atoms with Gasteiger partial charge in [0.1, 0.15) is 5.75 Å². The summed E-state index contributed by atoms with van der Waals surface area (Å²) in [5, 5.41) is 3.99. The van der Waals surface area contributed by atoms with Crippen molar-refractivity contribution >= 4 is 11.6 Å². The van der Waals surface area contributed by atoms with Gasteiger partial charge in [0.25, 0.3) is 0 Å². The number of halogens is 1. The van der Waals surface area contributed by atoms with E-state index >= 15 is 0 Å². The zero-order chi connectivity index (χ0) is 13.8. The summed E-state index contributed by atoms with van der Waals surface area (Å²) in [5.41, 5.74) is 3.14. The Balaban J connectivity index is 2.50. The Morgan fingerprint density at radius 1 is 1.26 bits per heavy atom. The van der Waals surface area contributed by atoms with Crippen LogP contribution in [0.3, 0.4) is 0 Å². The molecule has 0 fully saturated rings. The van der Waals surface area contributed by atoms with E-state index in [1.54, 1.807) is 7.11 Å². The van der Waals surface area contributed by atoms with E-state index < -0.39 is 0 Å². The summed E-state index contributed by atoms with van der Waals surface area (Å²) < 4.78 is 5.42. The van der Waals surface area contributed by atoms with Gasteiger partial charge in [-0.25, -0.2) is 0 Å². The zero-order valence-corrected chi connectivity index (χ0v) is 12.0. The largest absolute Gasteiger partial charge is 0.496 e. The topological polar surface area (TPSA) is 34.2 Å². The molecule has 1 heterocycles. The van der Waals surface area contributed by atoms with Crippen LogP contribution in [0.1, 0.15) is 22.9 Å². The van der Waals surface area contributed by atoms with Crippen molar-refractivity contribution in [1.29, 1.82) is 0 Å². The van der Waals surface area contributed by atoms with Crippen LogP contribution in [-0.2, 0) is 0 Å². The lowest BCUT2D eigenvalue weighted by Gasteiger charge is -2.20. The van der Waals surface area contributed by atoms with Crippen molar-refractivity contribution in [2.75, 3.05) is 14.2 Å². The minimum atomic E-state index is 0.0235. The van der Waals surface area contributed by atoms with Crippen LogP contribution in [0.2, 0.25) is 5.02 Å². The van der Waals surface area contributed by atoms with Crippen molar-refractivity contribution in [3.8, 4) is 5.75 Å². The maximum absolute atomic E-state index is 6.10. The zero-order valence-electron chi connectivity index (χ0n) is 11.3. The second kappa shape index (κ2) is 6.04. The highest BCUT2D eigenvalue weighted by atomic mass is 35.5. The minimum Gasteiger partial charge on any atom is -0.496 e. The van der Waals surface area contributed by atoms with Crippen LogP contribution in [0.5, 0.6) is 5.75 Å². The van der Waals surface area contributed by atoms with E-state index in [1.807, 2.05) is 44.4 Å². The van der Waals surface area contributed by atoms with Gasteiger partial charge in [0.15, 0.2) is 0 Å². The van der Waals surface area contributed by atoms with Crippen molar-refractivity contribution in [2.24, 2.45) is 0 Å². The van der Waals surface area contributed by atoms with Gasteiger partial charge < -0.3 is 10.1 Å². The van der Waals surface area contributed by atoms with Crippen LogP contribution in [0.4, 0.5) is 0 Å². The second-order valence-electron chi connectivity index (χ2n) is 4.34. The highest BCUT2D eigenvalue weighted by molar-refractivity contribution is 6.30. The fourth-order valence-corrected chi connectivity index (χ4v) is 2.36. The molecule has 1 aromatic heterocycles. The third kappa shape index (κ3) is 3.06. The average molecular weight is 277 g/mol. The first kappa shape index (κ1) is 13.8. The summed E-state index contributed by atoms with van der Waals surface area (Å²) in [4.78, 5) is 4.23. The lowest BCUT2D eigenvalue weighted by molar-refractivity contribution is 0.405. The summed E-state index contributed by atoms with van der Waals surface area (Å²) in [6.45, 7) is 1.98. The Labute approximate surface area is 118 Å². The molecule has 2 aromatic rings. The average Bonchev–Trinajstić information content (AvgIpc) is 2.40. The number of ether oxygens (including phenoxy) is 1. The second-order valence-corrected chi connectivity index (χ2v) is 4.77. The number of hydrogen-bond acceptors (Lipinski definition) is 3. The number of nitrogens with one attached hydrogen (secondary N) is 1. The Bertz CT molecular complexity index is 572. The molecule has 0 aliphatic heterocycles. The van der Waals surface area contributed by atoms with Gasteiger partial charge in [-0.1, -0.05) is 11.6 Å². The van der Waals surface area contributed by atoms with Crippen LogP contribution in [-0.4, -0.2) is 19.1 Å². The molecule has 19 heavy (non-hydrogen) atoms. The molecule has 1 N–H and O–H groups in total. The van der Waals surface area contributed by atoms with Crippen LogP contribution < -0.4 is 10.1 Å². The maximum atomic E-state index is 6.10. The van der Waals surface area contributed by atoms with Gasteiger partial charge >= 0.3 is 0 Å². The molecule has 2 rings (SSSR count). The van der Waals surface area contributed by atoms with Crippen LogP contribution in [0.25, 0.3) is 0 Å². The molecule has 0 saturated carbocycles. The summed E-state index contributed by atoms with van der Waals surface area (Å²) >= 11 is 6.10. The number of benzene rings is 1. The Kier molecular flexibility index (Phi) is 4.40. The first-order valence-corrected chi connectivity index (χ1v) is 6.46. The molecular weight excluding hydrogens is 260 g/mol. The number of aromatic nitrogens is 1. The molecule has 3 nitrogen and oxygen atoms in total. The van der Waals surface area contributed by atoms with Crippen molar-refractivity contribution in [1.82, 2.24) is 10.3 Å². The van der Waals surface area contributed by atoms with Crippen molar-refractivity contribution in [3.63, 3.8) is 0 Å². The number of aryl methyl sites for hydroxylation is 1. The summed E-state index contributed by atoms with van der Waals surface area (Å²) in [6, 6.07) is 9.72. The van der Waals surface area contributed by atoms with E-state index in [1.165, 1.54) is 0 Å². The van der Waals surface area contributed by atoms with E-state index in [2.05, 4.69) is 16.4 Å². The first-order valence-electron chi connectivity index (χ1n) is 6.09. The number of rotatable bonds is 4. The molecule has 0 bridgehead atoms.